The van der Waals surface area contributed by atoms with Crippen molar-refractivity contribution in [2.45, 2.75) is 13.3 Å². The number of amides is 2. The number of aromatic carboxylic acids is 1. The second-order valence-corrected chi connectivity index (χ2v) is 4.97. The maximum Gasteiger partial charge on any atom is 0.337 e. The van der Waals surface area contributed by atoms with Crippen LogP contribution in [0.4, 0.5) is 10.5 Å². The Kier molecular flexibility index (Phi) is 6.07. The lowest BCUT2D eigenvalue weighted by atomic mass is 10.2. The average molecular weight is 339 g/mol. The summed E-state index contributed by atoms with van der Waals surface area (Å²) in [6, 6.07) is 4.22. The molecule has 5 nitrogen and oxygen atoms in total. The van der Waals surface area contributed by atoms with Crippen molar-refractivity contribution in [3.63, 3.8) is 0 Å². The minimum Gasteiger partial charge on any atom is -0.478 e. The first-order valence-electron chi connectivity index (χ1n) is 6.01. The van der Waals surface area contributed by atoms with E-state index in [2.05, 4.69) is 27.2 Å². The standard InChI is InChI=1S/C14H15BrN2O3/c1-3-7-17(8-4-2)14(20)16-12-6-5-10(15)9-11(12)13(18)19/h1,5-6,9H,4,7-8H2,2H3,(H,16,20)(H,18,19). The number of rotatable bonds is 5. The van der Waals surface area contributed by atoms with Crippen LogP contribution in [0.5, 0.6) is 0 Å². The molecule has 0 fully saturated rings. The van der Waals surface area contributed by atoms with Crippen LogP contribution in [0.1, 0.15) is 23.7 Å². The number of hydrogen-bond acceptors (Lipinski definition) is 2. The predicted molar refractivity (Wildman–Crippen MR) is 80.8 cm³/mol. The number of benzene rings is 1. The highest BCUT2D eigenvalue weighted by atomic mass is 79.9. The number of anilines is 1. The van der Waals surface area contributed by atoms with Crippen molar-refractivity contribution in [2.75, 3.05) is 18.4 Å². The molecule has 0 saturated heterocycles. The Bertz CT molecular complexity index is 552. The van der Waals surface area contributed by atoms with Crippen molar-refractivity contribution in [2.24, 2.45) is 0 Å². The number of carboxylic acids is 1. The minimum absolute atomic E-state index is 0.0184. The number of terminal acetylenes is 1. The fourth-order valence-electron chi connectivity index (χ4n) is 1.63. The van der Waals surface area contributed by atoms with Gasteiger partial charge in [-0.3, -0.25) is 0 Å². The zero-order valence-electron chi connectivity index (χ0n) is 11.0. The zero-order chi connectivity index (χ0) is 15.1. The van der Waals surface area contributed by atoms with Crippen molar-refractivity contribution in [3.05, 3.63) is 28.2 Å². The summed E-state index contributed by atoms with van der Waals surface area (Å²) in [6.45, 7) is 2.62. The van der Waals surface area contributed by atoms with Crippen molar-refractivity contribution in [3.8, 4) is 12.3 Å². The van der Waals surface area contributed by atoms with Gasteiger partial charge in [0.2, 0.25) is 0 Å². The normalized spacial score (nSPS) is 9.65. The van der Waals surface area contributed by atoms with Crippen LogP contribution in [0.3, 0.4) is 0 Å². The quantitative estimate of drug-likeness (QED) is 0.810. The van der Waals surface area contributed by atoms with Crippen molar-refractivity contribution < 1.29 is 14.7 Å². The summed E-state index contributed by atoms with van der Waals surface area (Å²) in [7, 11) is 0. The molecule has 6 heteroatoms. The summed E-state index contributed by atoms with van der Waals surface area (Å²) in [4.78, 5) is 24.7. The smallest absolute Gasteiger partial charge is 0.337 e. The maximum absolute atomic E-state index is 12.1. The van der Waals surface area contributed by atoms with E-state index in [1.807, 2.05) is 6.92 Å². The molecule has 0 atom stereocenters. The Labute approximate surface area is 126 Å². The van der Waals surface area contributed by atoms with E-state index in [0.717, 1.165) is 6.42 Å². The Morgan fingerprint density at radius 3 is 2.75 bits per heavy atom. The van der Waals surface area contributed by atoms with Crippen LogP contribution in [0.2, 0.25) is 0 Å². The number of hydrogen-bond donors (Lipinski definition) is 2. The van der Waals surface area contributed by atoms with E-state index < -0.39 is 12.0 Å². The fraction of sp³-hybridized carbons (Fsp3) is 0.286. The Morgan fingerprint density at radius 2 is 2.20 bits per heavy atom. The Balaban J connectivity index is 2.95. The molecule has 0 aliphatic carbocycles. The van der Waals surface area contributed by atoms with Gasteiger partial charge < -0.3 is 15.3 Å². The van der Waals surface area contributed by atoms with Crippen LogP contribution in [0.15, 0.2) is 22.7 Å². The van der Waals surface area contributed by atoms with Crippen LogP contribution in [-0.2, 0) is 0 Å². The van der Waals surface area contributed by atoms with E-state index in [0.29, 0.717) is 11.0 Å². The molecule has 0 heterocycles. The molecule has 0 aliphatic rings. The molecule has 0 bridgehead atoms. The lowest BCUT2D eigenvalue weighted by Crippen LogP contribution is -2.36. The monoisotopic (exact) mass is 338 g/mol. The summed E-state index contributed by atoms with van der Waals surface area (Å²) in [6.07, 6.45) is 5.98. The summed E-state index contributed by atoms with van der Waals surface area (Å²) < 4.78 is 0.627. The van der Waals surface area contributed by atoms with Gasteiger partial charge in [-0.1, -0.05) is 28.8 Å². The van der Waals surface area contributed by atoms with Crippen molar-refractivity contribution >= 4 is 33.6 Å². The molecule has 0 spiro atoms. The molecule has 0 unspecified atom stereocenters. The molecule has 106 valence electrons. The topological polar surface area (TPSA) is 69.6 Å². The molecule has 0 aromatic heterocycles. The molecule has 1 aromatic rings. The third kappa shape index (κ3) is 4.28. The zero-order valence-corrected chi connectivity index (χ0v) is 12.6. The first-order valence-corrected chi connectivity index (χ1v) is 6.81. The molecule has 1 rings (SSSR count). The van der Waals surface area contributed by atoms with E-state index in [1.165, 1.54) is 17.0 Å². The molecule has 2 amide bonds. The van der Waals surface area contributed by atoms with Crippen molar-refractivity contribution in [1.29, 1.82) is 0 Å². The first kappa shape index (κ1) is 16.1. The molecule has 0 radical (unpaired) electrons. The number of carbonyl (C=O) groups excluding carboxylic acids is 1. The third-order valence-corrected chi connectivity index (χ3v) is 3.01. The van der Waals surface area contributed by atoms with Gasteiger partial charge in [0, 0.05) is 11.0 Å². The summed E-state index contributed by atoms with van der Waals surface area (Å²) in [5, 5.41) is 11.7. The molecule has 2 N–H and O–H groups in total. The molecular formula is C14H15BrN2O3. The van der Waals surface area contributed by atoms with E-state index in [4.69, 9.17) is 11.5 Å². The average Bonchev–Trinajstić information content (AvgIpc) is 2.40. The van der Waals surface area contributed by atoms with E-state index in [-0.39, 0.29) is 17.8 Å². The van der Waals surface area contributed by atoms with Crippen LogP contribution < -0.4 is 5.32 Å². The number of nitrogens with zero attached hydrogens (tertiary/aromatic N) is 1. The molecule has 1 aromatic carbocycles. The molecular weight excluding hydrogens is 324 g/mol. The van der Waals surface area contributed by atoms with Gasteiger partial charge in [0.1, 0.15) is 0 Å². The van der Waals surface area contributed by atoms with Crippen LogP contribution in [-0.4, -0.2) is 35.1 Å². The van der Waals surface area contributed by atoms with Gasteiger partial charge in [0.05, 0.1) is 17.8 Å². The van der Waals surface area contributed by atoms with Gasteiger partial charge in [0.15, 0.2) is 0 Å². The molecule has 0 saturated carbocycles. The Hall–Kier alpha value is -2.00. The van der Waals surface area contributed by atoms with E-state index in [1.54, 1.807) is 6.07 Å². The summed E-state index contributed by atoms with van der Waals surface area (Å²) in [5.41, 5.74) is 0.258. The van der Waals surface area contributed by atoms with Gasteiger partial charge in [-0.25, -0.2) is 9.59 Å². The highest BCUT2D eigenvalue weighted by Crippen LogP contribution is 2.21. The number of carbonyl (C=O) groups is 2. The summed E-state index contributed by atoms with van der Waals surface area (Å²) >= 11 is 3.20. The van der Waals surface area contributed by atoms with Crippen LogP contribution >= 0.6 is 15.9 Å². The number of carboxylic acid groups (broad SMARTS) is 1. The van der Waals surface area contributed by atoms with Gasteiger partial charge in [-0.15, -0.1) is 6.42 Å². The first-order chi connectivity index (χ1) is 9.49. The van der Waals surface area contributed by atoms with Gasteiger partial charge in [-0.05, 0) is 24.6 Å². The minimum atomic E-state index is -1.11. The third-order valence-electron chi connectivity index (χ3n) is 2.52. The second-order valence-electron chi connectivity index (χ2n) is 4.05. The number of nitrogens with one attached hydrogen (secondary N) is 1. The predicted octanol–water partition coefficient (Wildman–Crippen LogP) is 3.02. The summed E-state index contributed by atoms with van der Waals surface area (Å²) in [5.74, 6) is 1.30. The largest absolute Gasteiger partial charge is 0.478 e. The van der Waals surface area contributed by atoms with E-state index >= 15 is 0 Å². The molecule has 20 heavy (non-hydrogen) atoms. The highest BCUT2D eigenvalue weighted by Gasteiger charge is 2.16. The SMILES string of the molecule is C#CCN(CCC)C(=O)Nc1ccc(Br)cc1C(=O)O. The van der Waals surface area contributed by atoms with Crippen molar-refractivity contribution in [1.82, 2.24) is 4.90 Å². The van der Waals surface area contributed by atoms with Crippen LogP contribution in [0.25, 0.3) is 0 Å². The van der Waals surface area contributed by atoms with Gasteiger partial charge in [0.25, 0.3) is 0 Å². The van der Waals surface area contributed by atoms with E-state index in [9.17, 15) is 9.59 Å². The highest BCUT2D eigenvalue weighted by molar-refractivity contribution is 9.10. The lowest BCUT2D eigenvalue weighted by Gasteiger charge is -2.20. The Morgan fingerprint density at radius 1 is 1.50 bits per heavy atom. The van der Waals surface area contributed by atoms with Gasteiger partial charge in [-0.2, -0.15) is 0 Å². The fourth-order valence-corrected chi connectivity index (χ4v) is 1.99. The molecule has 0 aliphatic heterocycles. The van der Waals surface area contributed by atoms with Gasteiger partial charge >= 0.3 is 12.0 Å². The second kappa shape index (κ2) is 7.56. The lowest BCUT2D eigenvalue weighted by molar-refractivity contribution is 0.0698. The van der Waals surface area contributed by atoms with Crippen LogP contribution in [0, 0.1) is 12.3 Å². The maximum atomic E-state index is 12.1. The number of urea groups is 1. The number of halogens is 1.